The van der Waals surface area contributed by atoms with E-state index >= 15 is 0 Å². The summed E-state index contributed by atoms with van der Waals surface area (Å²) in [6, 6.07) is 2.50. The molecule has 1 aromatic carbocycles. The van der Waals surface area contributed by atoms with Crippen molar-refractivity contribution < 1.29 is 23.4 Å². The van der Waals surface area contributed by atoms with Crippen molar-refractivity contribution in [3.05, 3.63) is 34.8 Å². The van der Waals surface area contributed by atoms with Crippen LogP contribution in [0.4, 0.5) is 18.7 Å². The van der Waals surface area contributed by atoms with Crippen LogP contribution >= 0.6 is 27.3 Å². The molecule has 3 rings (SSSR count). The van der Waals surface area contributed by atoms with Gasteiger partial charge < -0.3 is 14.7 Å². The van der Waals surface area contributed by atoms with Gasteiger partial charge in [0.1, 0.15) is 5.82 Å². The van der Waals surface area contributed by atoms with Crippen LogP contribution in [0.25, 0.3) is 0 Å². The van der Waals surface area contributed by atoms with Gasteiger partial charge in [-0.3, -0.25) is 0 Å². The molecular weight excluding hydrogens is 422 g/mol. The maximum Gasteiger partial charge on any atom is 0.328 e. The number of aliphatic hydroxyl groups is 1. The lowest BCUT2D eigenvalue weighted by molar-refractivity contribution is 0.183. The topological polar surface area (TPSA) is 78.8 Å². The van der Waals surface area contributed by atoms with Crippen molar-refractivity contribution in [1.82, 2.24) is 15.1 Å². The minimum Gasteiger partial charge on any atom is -0.479 e. The maximum absolute atomic E-state index is 13.7. The summed E-state index contributed by atoms with van der Waals surface area (Å²) in [6.07, 6.45) is -1.77. The van der Waals surface area contributed by atoms with Crippen LogP contribution in [0.2, 0.25) is 0 Å². The lowest BCUT2D eigenvalue weighted by Gasteiger charge is -2.15. The van der Waals surface area contributed by atoms with Gasteiger partial charge in [-0.25, -0.2) is 18.5 Å². The molecule has 1 aromatic heterocycles. The first-order valence-corrected chi connectivity index (χ1v) is 9.08. The van der Waals surface area contributed by atoms with E-state index in [-0.39, 0.29) is 22.8 Å². The summed E-state index contributed by atoms with van der Waals surface area (Å²) in [5.74, 6) is -1.58. The van der Waals surface area contributed by atoms with Gasteiger partial charge in [0.05, 0.1) is 6.54 Å². The molecule has 2 unspecified atom stereocenters. The van der Waals surface area contributed by atoms with E-state index < -0.39 is 30.0 Å². The van der Waals surface area contributed by atoms with Crippen LogP contribution in [-0.4, -0.2) is 51.4 Å². The van der Waals surface area contributed by atoms with Crippen molar-refractivity contribution in [3.8, 4) is 5.75 Å². The number of carbonyl (C=O) groups is 1. The highest BCUT2D eigenvalue weighted by Crippen LogP contribution is 2.33. The zero-order chi connectivity index (χ0) is 18.1. The number of ether oxygens (including phenoxy) is 1. The molecule has 0 radical (unpaired) electrons. The summed E-state index contributed by atoms with van der Waals surface area (Å²) in [5, 5.41) is 18.6. The van der Waals surface area contributed by atoms with Gasteiger partial charge in [0.2, 0.25) is 5.13 Å². The number of rotatable bonds is 5. The number of nitrogens with zero attached hydrogens (tertiary/aromatic N) is 4. The monoisotopic (exact) mass is 434 g/mol. The lowest BCUT2D eigenvalue weighted by atomic mass is 10.3. The van der Waals surface area contributed by atoms with E-state index in [4.69, 9.17) is 4.74 Å². The summed E-state index contributed by atoms with van der Waals surface area (Å²) in [5.41, 5.74) is 0. The second-order valence-electron chi connectivity index (χ2n) is 5.27. The number of carbonyl (C=O) groups excluding carboxylic acids is 1. The molecule has 0 saturated carbocycles. The van der Waals surface area contributed by atoms with E-state index in [0.29, 0.717) is 5.01 Å². The Kier molecular flexibility index (Phi) is 5.16. The van der Waals surface area contributed by atoms with Crippen LogP contribution < -0.4 is 9.64 Å². The molecule has 7 nitrogen and oxygen atoms in total. The number of benzene rings is 1. The zero-order valence-corrected chi connectivity index (χ0v) is 15.3. The highest BCUT2D eigenvalue weighted by molar-refractivity contribution is 9.09. The average Bonchev–Trinajstić information content (AvgIpc) is 3.13. The Bertz CT molecular complexity index is 793. The summed E-state index contributed by atoms with van der Waals surface area (Å²) < 4.78 is 32.5. The number of likely N-dealkylation sites (N-methyl/N-ethyl adjacent to an activating group) is 1. The summed E-state index contributed by atoms with van der Waals surface area (Å²) >= 11 is 4.27. The second-order valence-corrected chi connectivity index (χ2v) is 6.91. The zero-order valence-electron chi connectivity index (χ0n) is 12.9. The largest absolute Gasteiger partial charge is 0.479 e. The molecule has 0 bridgehead atoms. The predicted molar refractivity (Wildman–Crippen MR) is 89.9 cm³/mol. The summed E-state index contributed by atoms with van der Waals surface area (Å²) in [6.45, 7) is 0.153. The molecule has 2 aromatic rings. The Hall–Kier alpha value is -1.85. The third kappa shape index (κ3) is 3.58. The van der Waals surface area contributed by atoms with Crippen molar-refractivity contribution in [2.24, 2.45) is 0 Å². The van der Waals surface area contributed by atoms with Gasteiger partial charge in [-0.15, -0.1) is 10.2 Å². The molecule has 25 heavy (non-hydrogen) atoms. The number of amides is 2. The molecule has 2 heterocycles. The number of alkyl halides is 1. The van der Waals surface area contributed by atoms with Crippen LogP contribution in [0.3, 0.4) is 0 Å². The SMILES string of the molecule is CN1CC(O)N(c2nnc(C(CBr)Oc3cc(F)ccc3F)s2)C1=O. The first kappa shape index (κ1) is 18.0. The standard InChI is InChI=1S/C14H13BrF2N4O3S/c1-20-6-11(22)21(14(20)23)13-19-18-12(25-13)10(5-15)24-9-4-7(16)2-3-8(9)17/h2-4,10-11,22H,5-6H2,1H3. The predicted octanol–water partition coefficient (Wildman–Crippen LogP) is 2.52. The molecule has 1 fully saturated rings. The van der Waals surface area contributed by atoms with Crippen LogP contribution in [0.15, 0.2) is 18.2 Å². The van der Waals surface area contributed by atoms with Gasteiger partial charge in [0.15, 0.2) is 28.9 Å². The third-order valence-corrected chi connectivity index (χ3v) is 5.08. The van der Waals surface area contributed by atoms with Crippen molar-refractivity contribution in [1.29, 1.82) is 0 Å². The molecule has 2 amide bonds. The minimum absolute atomic E-state index is 0.153. The van der Waals surface area contributed by atoms with E-state index in [1.807, 2.05) is 0 Å². The quantitative estimate of drug-likeness (QED) is 0.731. The molecular formula is C14H13BrF2N4O3S. The Balaban J connectivity index is 1.82. The molecule has 134 valence electrons. The van der Waals surface area contributed by atoms with Crippen molar-refractivity contribution >= 4 is 38.4 Å². The van der Waals surface area contributed by atoms with Gasteiger partial charge in [-0.2, -0.15) is 0 Å². The Morgan fingerprint density at radius 3 is 2.88 bits per heavy atom. The number of halogens is 3. The van der Waals surface area contributed by atoms with Crippen molar-refractivity contribution in [2.75, 3.05) is 23.8 Å². The lowest BCUT2D eigenvalue weighted by Crippen LogP contribution is -2.34. The average molecular weight is 435 g/mol. The number of anilines is 1. The van der Waals surface area contributed by atoms with Crippen LogP contribution in [-0.2, 0) is 0 Å². The molecule has 1 aliphatic rings. The normalized spacial score (nSPS) is 18.8. The van der Waals surface area contributed by atoms with E-state index in [2.05, 4.69) is 26.1 Å². The highest BCUT2D eigenvalue weighted by Gasteiger charge is 2.37. The molecule has 1 aliphatic heterocycles. The fraction of sp³-hybridized carbons (Fsp3) is 0.357. The molecule has 2 atom stereocenters. The number of aliphatic hydroxyl groups excluding tert-OH is 1. The second kappa shape index (κ2) is 7.18. The summed E-state index contributed by atoms with van der Waals surface area (Å²) in [7, 11) is 1.56. The van der Waals surface area contributed by atoms with Gasteiger partial charge in [-0.1, -0.05) is 27.3 Å². The van der Waals surface area contributed by atoms with Crippen LogP contribution in [0, 0.1) is 11.6 Å². The first-order chi connectivity index (χ1) is 11.9. The molecule has 11 heteroatoms. The Labute approximate surface area is 154 Å². The number of urea groups is 1. The van der Waals surface area contributed by atoms with Crippen molar-refractivity contribution in [3.63, 3.8) is 0 Å². The van der Waals surface area contributed by atoms with Crippen LogP contribution in [0.1, 0.15) is 11.1 Å². The third-order valence-electron chi connectivity index (χ3n) is 3.48. The number of β-amino-alcohol motifs (C(OH)–C–C–N with tert-alkyl or cyclic N) is 1. The number of hydrogen-bond donors (Lipinski definition) is 1. The van der Waals surface area contributed by atoms with E-state index in [0.717, 1.165) is 34.4 Å². The molecule has 1 saturated heterocycles. The Morgan fingerprint density at radius 2 is 2.24 bits per heavy atom. The van der Waals surface area contributed by atoms with Gasteiger partial charge in [0, 0.05) is 18.4 Å². The smallest absolute Gasteiger partial charge is 0.328 e. The number of hydrogen-bond acceptors (Lipinski definition) is 6. The fourth-order valence-electron chi connectivity index (χ4n) is 2.25. The van der Waals surface area contributed by atoms with E-state index in [9.17, 15) is 18.7 Å². The minimum atomic E-state index is -1.03. The molecule has 1 N–H and O–H groups in total. The van der Waals surface area contributed by atoms with Gasteiger partial charge in [-0.05, 0) is 12.1 Å². The maximum atomic E-state index is 13.7. The number of aromatic nitrogens is 2. The van der Waals surface area contributed by atoms with Crippen LogP contribution in [0.5, 0.6) is 5.75 Å². The van der Waals surface area contributed by atoms with Gasteiger partial charge >= 0.3 is 6.03 Å². The van der Waals surface area contributed by atoms with Crippen molar-refractivity contribution in [2.45, 2.75) is 12.3 Å². The van der Waals surface area contributed by atoms with E-state index in [1.54, 1.807) is 7.05 Å². The molecule has 0 spiro atoms. The molecule has 0 aliphatic carbocycles. The van der Waals surface area contributed by atoms with E-state index in [1.165, 1.54) is 4.90 Å². The first-order valence-electron chi connectivity index (χ1n) is 7.14. The highest BCUT2D eigenvalue weighted by atomic mass is 79.9. The Morgan fingerprint density at radius 1 is 1.48 bits per heavy atom. The van der Waals surface area contributed by atoms with Gasteiger partial charge in [0.25, 0.3) is 0 Å². The summed E-state index contributed by atoms with van der Waals surface area (Å²) in [4.78, 5) is 14.5. The fourth-order valence-corrected chi connectivity index (χ4v) is 3.81.